The van der Waals surface area contributed by atoms with E-state index in [1.807, 2.05) is 39.0 Å². The van der Waals surface area contributed by atoms with E-state index >= 15 is 0 Å². The molecule has 6 heteroatoms. The Hall–Kier alpha value is -1.31. The van der Waals surface area contributed by atoms with Gasteiger partial charge in [-0.1, -0.05) is 19.1 Å². The lowest BCUT2D eigenvalue weighted by Crippen LogP contribution is -2.25. The second-order valence-corrected chi connectivity index (χ2v) is 5.78. The highest BCUT2D eigenvalue weighted by Gasteiger charge is 2.15. The van der Waals surface area contributed by atoms with Gasteiger partial charge < -0.3 is 15.8 Å². The number of carbonyl (C=O) groups is 1. The molecule has 124 valence electrons. The number of esters is 1. The molecule has 1 rings (SSSR count). The van der Waals surface area contributed by atoms with Gasteiger partial charge >= 0.3 is 5.97 Å². The number of hydrogen-bond acceptors (Lipinski definition) is 3. The molecule has 0 radical (unpaired) electrons. The number of anilines is 1. The molecule has 0 saturated carbocycles. The van der Waals surface area contributed by atoms with Crippen molar-refractivity contribution in [3.8, 4) is 0 Å². The maximum atomic E-state index is 11.5. The third-order valence-corrected chi connectivity index (χ3v) is 2.63. The molecule has 5 nitrogen and oxygen atoms in total. The third-order valence-electron chi connectivity index (χ3n) is 2.63. The van der Waals surface area contributed by atoms with Gasteiger partial charge in [0, 0.05) is 5.69 Å². The van der Waals surface area contributed by atoms with Gasteiger partial charge in [-0.05, 0) is 44.9 Å². The van der Waals surface area contributed by atoms with Crippen LogP contribution in [0.15, 0.2) is 29.3 Å². The fourth-order valence-electron chi connectivity index (χ4n) is 1.72. The maximum absolute atomic E-state index is 11.5. The van der Waals surface area contributed by atoms with E-state index in [0.29, 0.717) is 12.5 Å². The van der Waals surface area contributed by atoms with Crippen LogP contribution in [0.1, 0.15) is 39.7 Å². The van der Waals surface area contributed by atoms with Crippen LogP contribution in [0, 0.1) is 0 Å². The highest BCUT2D eigenvalue weighted by atomic mass is 127. The topological polar surface area (TPSA) is 76.7 Å². The van der Waals surface area contributed by atoms with E-state index in [1.54, 1.807) is 0 Å². The highest BCUT2D eigenvalue weighted by Crippen LogP contribution is 2.11. The molecule has 0 bridgehead atoms. The Morgan fingerprint density at radius 2 is 2.05 bits per heavy atom. The lowest BCUT2D eigenvalue weighted by molar-refractivity contribution is -0.154. The molecule has 1 aromatic rings. The molecular formula is C16H26IN3O2. The number of ether oxygens (including phenoxy) is 1. The zero-order valence-electron chi connectivity index (χ0n) is 13.7. The van der Waals surface area contributed by atoms with E-state index in [4.69, 9.17) is 10.5 Å². The van der Waals surface area contributed by atoms with Crippen molar-refractivity contribution in [2.24, 2.45) is 10.7 Å². The van der Waals surface area contributed by atoms with Gasteiger partial charge in [-0.25, -0.2) is 0 Å². The average molecular weight is 419 g/mol. The number of aliphatic imine (C=N–C) groups is 1. The van der Waals surface area contributed by atoms with Crippen molar-refractivity contribution >= 4 is 41.6 Å². The molecule has 0 aromatic heterocycles. The first-order chi connectivity index (χ1) is 9.80. The molecule has 0 aliphatic carbocycles. The van der Waals surface area contributed by atoms with Crippen molar-refractivity contribution in [3.05, 3.63) is 29.8 Å². The molecule has 0 fully saturated rings. The second-order valence-electron chi connectivity index (χ2n) is 5.78. The van der Waals surface area contributed by atoms with Gasteiger partial charge in [-0.3, -0.25) is 9.79 Å². The summed E-state index contributed by atoms with van der Waals surface area (Å²) in [5.74, 6) is 0.0267. The van der Waals surface area contributed by atoms with E-state index in [9.17, 15) is 4.79 Å². The molecule has 0 amide bonds. The van der Waals surface area contributed by atoms with Gasteiger partial charge in [0.25, 0.3) is 0 Å². The fourth-order valence-corrected chi connectivity index (χ4v) is 1.72. The lowest BCUT2D eigenvalue weighted by Gasteiger charge is -2.19. The van der Waals surface area contributed by atoms with E-state index in [1.165, 1.54) is 5.56 Å². The molecule has 0 unspecified atom stereocenters. The van der Waals surface area contributed by atoms with Gasteiger partial charge in [-0.2, -0.15) is 0 Å². The number of halogens is 1. The second kappa shape index (κ2) is 9.66. The number of rotatable bonds is 5. The molecule has 0 aliphatic rings. The number of nitrogens with two attached hydrogens (primary N) is 1. The van der Waals surface area contributed by atoms with Crippen molar-refractivity contribution < 1.29 is 9.53 Å². The smallest absolute Gasteiger partial charge is 0.308 e. The monoisotopic (exact) mass is 419 g/mol. The number of aryl methyl sites for hydroxylation is 1. The normalized spacial score (nSPS) is 11.5. The van der Waals surface area contributed by atoms with Gasteiger partial charge in [0.05, 0.1) is 13.0 Å². The average Bonchev–Trinajstić information content (AvgIpc) is 2.36. The number of nitrogens with zero attached hydrogens (tertiary/aromatic N) is 1. The summed E-state index contributed by atoms with van der Waals surface area (Å²) in [7, 11) is 0. The minimum absolute atomic E-state index is 0. The first-order valence-corrected chi connectivity index (χ1v) is 7.18. The van der Waals surface area contributed by atoms with Crippen LogP contribution < -0.4 is 11.1 Å². The van der Waals surface area contributed by atoms with Crippen LogP contribution in [-0.4, -0.2) is 24.1 Å². The first kappa shape index (κ1) is 20.7. The van der Waals surface area contributed by atoms with Crippen LogP contribution in [0.25, 0.3) is 0 Å². The summed E-state index contributed by atoms with van der Waals surface area (Å²) >= 11 is 0. The molecule has 3 N–H and O–H groups in total. The quantitative estimate of drug-likeness (QED) is 0.332. The van der Waals surface area contributed by atoms with Crippen LogP contribution >= 0.6 is 24.0 Å². The van der Waals surface area contributed by atoms with Crippen LogP contribution in [0.5, 0.6) is 0 Å². The highest BCUT2D eigenvalue weighted by molar-refractivity contribution is 14.0. The standard InChI is InChI=1S/C16H25N3O2.HI/c1-5-12-7-6-8-13(11-12)19-15(17)18-10-9-14(20)21-16(2,3)4;/h6-8,11H,5,9-10H2,1-4H3,(H3,17,18,19);1H. The van der Waals surface area contributed by atoms with E-state index in [-0.39, 0.29) is 36.4 Å². The number of carbonyl (C=O) groups excluding carboxylic acids is 1. The molecular weight excluding hydrogens is 393 g/mol. The van der Waals surface area contributed by atoms with E-state index in [2.05, 4.69) is 23.3 Å². The van der Waals surface area contributed by atoms with Crippen LogP contribution in [-0.2, 0) is 16.0 Å². The Morgan fingerprint density at radius 1 is 1.36 bits per heavy atom. The first-order valence-electron chi connectivity index (χ1n) is 7.18. The predicted octanol–water partition coefficient (Wildman–Crippen LogP) is 3.33. The Morgan fingerprint density at radius 3 is 2.64 bits per heavy atom. The molecule has 1 aromatic carbocycles. The Balaban J connectivity index is 0.00000441. The van der Waals surface area contributed by atoms with E-state index in [0.717, 1.165) is 12.1 Å². The Bertz CT molecular complexity index is 510. The number of benzene rings is 1. The lowest BCUT2D eigenvalue weighted by atomic mass is 10.1. The van der Waals surface area contributed by atoms with Crippen molar-refractivity contribution in [2.75, 3.05) is 11.9 Å². The molecule has 0 spiro atoms. The summed E-state index contributed by atoms with van der Waals surface area (Å²) in [4.78, 5) is 15.7. The molecule has 22 heavy (non-hydrogen) atoms. The van der Waals surface area contributed by atoms with Crippen LogP contribution in [0.4, 0.5) is 5.69 Å². The predicted molar refractivity (Wildman–Crippen MR) is 102 cm³/mol. The van der Waals surface area contributed by atoms with Crippen molar-refractivity contribution in [1.82, 2.24) is 0 Å². The molecule has 0 atom stereocenters. The fraction of sp³-hybridized carbons (Fsp3) is 0.500. The summed E-state index contributed by atoms with van der Waals surface area (Å²) in [6.07, 6.45) is 1.18. The SMILES string of the molecule is CCc1cccc(NC(N)=NCCC(=O)OC(C)(C)C)c1.I. The number of nitrogens with one attached hydrogen (secondary N) is 1. The zero-order valence-corrected chi connectivity index (χ0v) is 16.0. The van der Waals surface area contributed by atoms with Gasteiger partial charge in [-0.15, -0.1) is 24.0 Å². The van der Waals surface area contributed by atoms with Gasteiger partial charge in [0.1, 0.15) is 5.60 Å². The van der Waals surface area contributed by atoms with Gasteiger partial charge in [0.2, 0.25) is 0 Å². The van der Waals surface area contributed by atoms with Crippen molar-refractivity contribution in [2.45, 2.75) is 46.1 Å². The summed E-state index contributed by atoms with van der Waals surface area (Å²) in [6.45, 7) is 7.92. The Labute approximate surface area is 149 Å². The summed E-state index contributed by atoms with van der Waals surface area (Å²) in [6, 6.07) is 7.97. The largest absolute Gasteiger partial charge is 0.460 e. The molecule has 0 saturated heterocycles. The van der Waals surface area contributed by atoms with Crippen LogP contribution in [0.3, 0.4) is 0 Å². The van der Waals surface area contributed by atoms with Crippen LogP contribution in [0.2, 0.25) is 0 Å². The van der Waals surface area contributed by atoms with E-state index < -0.39 is 5.60 Å². The van der Waals surface area contributed by atoms with Crippen molar-refractivity contribution in [1.29, 1.82) is 0 Å². The summed E-state index contributed by atoms with van der Waals surface area (Å²) in [5.41, 5.74) is 7.45. The Kier molecular flexibility index (Phi) is 9.08. The minimum Gasteiger partial charge on any atom is -0.460 e. The zero-order chi connectivity index (χ0) is 15.9. The molecule has 0 heterocycles. The number of hydrogen-bond donors (Lipinski definition) is 2. The summed E-state index contributed by atoms with van der Waals surface area (Å²) in [5, 5.41) is 3.01. The number of guanidine groups is 1. The van der Waals surface area contributed by atoms with Crippen molar-refractivity contribution in [3.63, 3.8) is 0 Å². The minimum atomic E-state index is -0.467. The summed E-state index contributed by atoms with van der Waals surface area (Å²) < 4.78 is 5.20. The third kappa shape index (κ3) is 8.86. The van der Waals surface area contributed by atoms with Gasteiger partial charge in [0.15, 0.2) is 5.96 Å². The maximum Gasteiger partial charge on any atom is 0.308 e. The molecule has 0 aliphatic heterocycles.